The third-order valence-electron chi connectivity index (χ3n) is 3.11. The Kier molecular flexibility index (Phi) is 4.20. The SMILES string of the molecule is CN(CCc1ccccn1)c1c(N)cccc1C(=O)O. The summed E-state index contributed by atoms with van der Waals surface area (Å²) in [6.07, 6.45) is 2.47. The zero-order chi connectivity index (χ0) is 14.5. The highest BCUT2D eigenvalue weighted by atomic mass is 16.4. The quantitative estimate of drug-likeness (QED) is 0.813. The number of likely N-dealkylation sites (N-methyl/N-ethyl adjacent to an activating group) is 1. The Morgan fingerprint density at radius 2 is 2.10 bits per heavy atom. The molecule has 0 unspecified atom stereocenters. The smallest absolute Gasteiger partial charge is 0.337 e. The van der Waals surface area contributed by atoms with Crippen molar-refractivity contribution in [1.82, 2.24) is 4.98 Å². The maximum Gasteiger partial charge on any atom is 0.337 e. The second kappa shape index (κ2) is 6.06. The molecule has 3 N–H and O–H groups in total. The first-order chi connectivity index (χ1) is 9.59. The minimum atomic E-state index is -0.975. The molecule has 1 aromatic carbocycles. The molecule has 2 rings (SSSR count). The minimum absolute atomic E-state index is 0.216. The van der Waals surface area contributed by atoms with Crippen LogP contribution in [0, 0.1) is 0 Å². The maximum atomic E-state index is 11.3. The van der Waals surface area contributed by atoms with Crippen molar-refractivity contribution in [3.63, 3.8) is 0 Å². The van der Waals surface area contributed by atoms with Gasteiger partial charge in [0.15, 0.2) is 0 Å². The fourth-order valence-electron chi connectivity index (χ4n) is 2.10. The van der Waals surface area contributed by atoms with Gasteiger partial charge in [0.05, 0.1) is 16.9 Å². The summed E-state index contributed by atoms with van der Waals surface area (Å²) in [6, 6.07) is 10.7. The largest absolute Gasteiger partial charge is 0.478 e. The van der Waals surface area contributed by atoms with Gasteiger partial charge in [0.2, 0.25) is 0 Å². The van der Waals surface area contributed by atoms with Crippen LogP contribution in [0.15, 0.2) is 42.6 Å². The highest BCUT2D eigenvalue weighted by Gasteiger charge is 2.16. The van der Waals surface area contributed by atoms with E-state index in [9.17, 15) is 9.90 Å². The topological polar surface area (TPSA) is 79.5 Å². The molecule has 0 fully saturated rings. The number of hydrogen-bond acceptors (Lipinski definition) is 4. The summed E-state index contributed by atoms with van der Waals surface area (Å²) >= 11 is 0. The van der Waals surface area contributed by atoms with Gasteiger partial charge in [0.1, 0.15) is 0 Å². The first-order valence-electron chi connectivity index (χ1n) is 6.32. The third-order valence-corrected chi connectivity index (χ3v) is 3.11. The van der Waals surface area contributed by atoms with E-state index >= 15 is 0 Å². The van der Waals surface area contributed by atoms with Gasteiger partial charge >= 0.3 is 5.97 Å². The number of pyridine rings is 1. The molecular formula is C15H17N3O2. The molecule has 0 amide bonds. The Morgan fingerprint density at radius 1 is 1.30 bits per heavy atom. The molecule has 0 aliphatic rings. The Hall–Kier alpha value is -2.56. The number of rotatable bonds is 5. The van der Waals surface area contributed by atoms with Gasteiger partial charge in [-0.05, 0) is 24.3 Å². The number of carboxylic acid groups (broad SMARTS) is 1. The molecule has 0 radical (unpaired) electrons. The lowest BCUT2D eigenvalue weighted by Gasteiger charge is -2.22. The van der Waals surface area contributed by atoms with Gasteiger partial charge in [-0.1, -0.05) is 12.1 Å². The van der Waals surface area contributed by atoms with E-state index in [0.29, 0.717) is 17.9 Å². The van der Waals surface area contributed by atoms with Crippen molar-refractivity contribution in [3.05, 3.63) is 53.9 Å². The van der Waals surface area contributed by atoms with Crippen LogP contribution in [-0.2, 0) is 6.42 Å². The average molecular weight is 271 g/mol. The number of benzene rings is 1. The van der Waals surface area contributed by atoms with Gasteiger partial charge in [-0.15, -0.1) is 0 Å². The molecule has 5 nitrogen and oxygen atoms in total. The number of carboxylic acids is 1. The number of nitrogens with two attached hydrogens (primary N) is 1. The number of nitrogen functional groups attached to an aromatic ring is 1. The average Bonchev–Trinajstić information content (AvgIpc) is 2.45. The number of hydrogen-bond donors (Lipinski definition) is 2. The number of anilines is 2. The molecule has 1 aromatic heterocycles. The van der Waals surface area contributed by atoms with Crippen molar-refractivity contribution in [1.29, 1.82) is 0 Å². The molecule has 0 aliphatic carbocycles. The highest BCUT2D eigenvalue weighted by Crippen LogP contribution is 2.27. The Labute approximate surface area is 117 Å². The molecule has 0 saturated carbocycles. The van der Waals surface area contributed by atoms with Crippen LogP contribution in [0.4, 0.5) is 11.4 Å². The van der Waals surface area contributed by atoms with Crippen LogP contribution in [0.1, 0.15) is 16.1 Å². The van der Waals surface area contributed by atoms with E-state index in [1.54, 1.807) is 24.4 Å². The van der Waals surface area contributed by atoms with E-state index in [4.69, 9.17) is 5.73 Å². The third kappa shape index (κ3) is 3.06. The van der Waals surface area contributed by atoms with E-state index < -0.39 is 5.97 Å². The Bertz CT molecular complexity index is 599. The monoisotopic (exact) mass is 271 g/mol. The lowest BCUT2D eigenvalue weighted by molar-refractivity contribution is 0.0697. The molecule has 5 heteroatoms. The number of nitrogens with zero attached hydrogens (tertiary/aromatic N) is 2. The zero-order valence-electron chi connectivity index (χ0n) is 11.3. The summed E-state index contributed by atoms with van der Waals surface area (Å²) in [4.78, 5) is 17.4. The van der Waals surface area contributed by atoms with Gasteiger partial charge in [0.25, 0.3) is 0 Å². The summed E-state index contributed by atoms with van der Waals surface area (Å²) in [5, 5.41) is 9.23. The molecule has 0 aliphatic heterocycles. The lowest BCUT2D eigenvalue weighted by atomic mass is 10.1. The first kappa shape index (κ1) is 13.9. The van der Waals surface area contributed by atoms with Gasteiger partial charge in [-0.2, -0.15) is 0 Å². The predicted molar refractivity (Wildman–Crippen MR) is 79.0 cm³/mol. The van der Waals surface area contributed by atoms with Gasteiger partial charge in [-0.25, -0.2) is 4.79 Å². The number of aromatic carboxylic acids is 1. The molecule has 0 bridgehead atoms. The van der Waals surface area contributed by atoms with Crippen LogP contribution in [0.5, 0.6) is 0 Å². The molecule has 0 spiro atoms. The minimum Gasteiger partial charge on any atom is -0.478 e. The van der Waals surface area contributed by atoms with Crippen molar-refractivity contribution in [2.24, 2.45) is 0 Å². The fraction of sp³-hybridized carbons (Fsp3) is 0.200. The molecule has 1 heterocycles. The Balaban J connectivity index is 2.17. The lowest BCUT2D eigenvalue weighted by Crippen LogP contribution is -2.24. The van der Waals surface area contributed by atoms with Gasteiger partial charge < -0.3 is 15.7 Å². The summed E-state index contributed by atoms with van der Waals surface area (Å²) in [5.41, 5.74) is 8.11. The van der Waals surface area contributed by atoms with E-state index in [1.165, 1.54) is 0 Å². The van der Waals surface area contributed by atoms with Crippen molar-refractivity contribution in [3.8, 4) is 0 Å². The van der Waals surface area contributed by atoms with Crippen molar-refractivity contribution in [2.75, 3.05) is 24.2 Å². The van der Waals surface area contributed by atoms with Gasteiger partial charge in [-0.3, -0.25) is 4.98 Å². The fourth-order valence-corrected chi connectivity index (χ4v) is 2.10. The van der Waals surface area contributed by atoms with Crippen molar-refractivity contribution in [2.45, 2.75) is 6.42 Å². The number of para-hydroxylation sites is 1. The summed E-state index contributed by atoms with van der Waals surface area (Å²) < 4.78 is 0. The Morgan fingerprint density at radius 3 is 2.75 bits per heavy atom. The van der Waals surface area contributed by atoms with E-state index in [0.717, 1.165) is 12.1 Å². The second-order valence-electron chi connectivity index (χ2n) is 4.54. The van der Waals surface area contributed by atoms with Crippen molar-refractivity contribution < 1.29 is 9.90 Å². The summed E-state index contributed by atoms with van der Waals surface area (Å²) in [5.74, 6) is -0.975. The normalized spacial score (nSPS) is 10.2. The van der Waals surface area contributed by atoms with Crippen LogP contribution in [0.2, 0.25) is 0 Å². The van der Waals surface area contributed by atoms with E-state index in [1.807, 2.05) is 30.1 Å². The summed E-state index contributed by atoms with van der Waals surface area (Å²) in [6.45, 7) is 0.644. The summed E-state index contributed by atoms with van der Waals surface area (Å²) in [7, 11) is 1.83. The second-order valence-corrected chi connectivity index (χ2v) is 4.54. The van der Waals surface area contributed by atoms with E-state index in [-0.39, 0.29) is 5.56 Å². The molecule has 0 atom stereocenters. The van der Waals surface area contributed by atoms with Gasteiger partial charge in [0, 0.05) is 31.9 Å². The van der Waals surface area contributed by atoms with Crippen molar-refractivity contribution >= 4 is 17.3 Å². The van der Waals surface area contributed by atoms with Crippen LogP contribution < -0.4 is 10.6 Å². The van der Waals surface area contributed by atoms with Crippen LogP contribution >= 0.6 is 0 Å². The molecule has 104 valence electrons. The number of aromatic nitrogens is 1. The molecule has 0 saturated heterocycles. The zero-order valence-corrected chi connectivity index (χ0v) is 11.3. The highest BCUT2D eigenvalue weighted by molar-refractivity contribution is 5.97. The van der Waals surface area contributed by atoms with Crippen LogP contribution in [0.25, 0.3) is 0 Å². The maximum absolute atomic E-state index is 11.3. The molecule has 2 aromatic rings. The van der Waals surface area contributed by atoms with E-state index in [2.05, 4.69) is 4.98 Å². The standard InChI is InChI=1S/C15H17N3O2/c1-18(10-8-11-5-2-3-9-17-11)14-12(15(19)20)6-4-7-13(14)16/h2-7,9H,8,10,16H2,1H3,(H,19,20). The molecule has 20 heavy (non-hydrogen) atoms. The first-order valence-corrected chi connectivity index (χ1v) is 6.32. The molecular weight excluding hydrogens is 254 g/mol. The number of carbonyl (C=O) groups is 1. The van der Waals surface area contributed by atoms with Crippen LogP contribution in [-0.4, -0.2) is 29.7 Å². The predicted octanol–water partition coefficient (Wildman–Crippen LogP) is 2.04. The van der Waals surface area contributed by atoms with Crippen LogP contribution in [0.3, 0.4) is 0 Å².